The highest BCUT2D eigenvalue weighted by molar-refractivity contribution is 5.28. The molecule has 88 valence electrons. The van der Waals surface area contributed by atoms with Crippen molar-refractivity contribution < 1.29 is 4.74 Å². The third kappa shape index (κ3) is 2.54. The molecule has 3 heteroatoms. The molecule has 0 aliphatic heterocycles. The number of methoxy groups -OCH3 is 1. The van der Waals surface area contributed by atoms with Crippen molar-refractivity contribution in [2.24, 2.45) is 5.73 Å². The third-order valence-electron chi connectivity index (χ3n) is 3.28. The molecular weight excluding hydrogens is 200 g/mol. The summed E-state index contributed by atoms with van der Waals surface area (Å²) in [7, 11) is 1.69. The van der Waals surface area contributed by atoms with Gasteiger partial charge < -0.3 is 15.8 Å². The average molecular weight is 220 g/mol. The molecule has 0 heterocycles. The van der Waals surface area contributed by atoms with Gasteiger partial charge in [-0.2, -0.15) is 0 Å². The van der Waals surface area contributed by atoms with Gasteiger partial charge in [0.05, 0.1) is 7.11 Å². The van der Waals surface area contributed by atoms with Crippen molar-refractivity contribution in [1.29, 1.82) is 0 Å². The van der Waals surface area contributed by atoms with Crippen LogP contribution in [0.3, 0.4) is 0 Å². The van der Waals surface area contributed by atoms with E-state index in [0.717, 1.165) is 18.6 Å². The van der Waals surface area contributed by atoms with Crippen LogP contribution in [0, 0.1) is 0 Å². The Bertz CT molecular complexity index is 330. The number of nitrogens with two attached hydrogens (primary N) is 1. The van der Waals surface area contributed by atoms with Gasteiger partial charge in [0, 0.05) is 18.1 Å². The Morgan fingerprint density at radius 1 is 1.31 bits per heavy atom. The van der Waals surface area contributed by atoms with Gasteiger partial charge >= 0.3 is 0 Å². The van der Waals surface area contributed by atoms with Gasteiger partial charge in [0.1, 0.15) is 5.75 Å². The molecule has 1 aliphatic rings. The molecule has 1 aromatic rings. The predicted molar refractivity (Wildman–Crippen MR) is 65.5 cm³/mol. The fourth-order valence-electron chi connectivity index (χ4n) is 2.14. The van der Waals surface area contributed by atoms with Gasteiger partial charge in [0.15, 0.2) is 0 Å². The van der Waals surface area contributed by atoms with Crippen molar-refractivity contribution in [3.8, 4) is 5.75 Å². The van der Waals surface area contributed by atoms with E-state index in [1.54, 1.807) is 7.11 Å². The highest BCUT2D eigenvalue weighted by Gasteiger charge is 2.26. The summed E-state index contributed by atoms with van der Waals surface area (Å²) in [5.41, 5.74) is 7.06. The Hall–Kier alpha value is -1.06. The fourth-order valence-corrected chi connectivity index (χ4v) is 2.14. The minimum absolute atomic E-state index is 0.378. The zero-order valence-electron chi connectivity index (χ0n) is 9.94. The summed E-state index contributed by atoms with van der Waals surface area (Å²) in [6, 6.07) is 9.58. The molecule has 0 bridgehead atoms. The molecule has 1 saturated carbocycles. The van der Waals surface area contributed by atoms with E-state index < -0.39 is 0 Å². The molecule has 0 radical (unpaired) electrons. The Morgan fingerprint density at radius 3 is 2.44 bits per heavy atom. The summed E-state index contributed by atoms with van der Waals surface area (Å²) in [5, 5.41) is 3.58. The van der Waals surface area contributed by atoms with Crippen LogP contribution in [0.25, 0.3) is 0 Å². The van der Waals surface area contributed by atoms with E-state index in [4.69, 9.17) is 10.5 Å². The maximum Gasteiger partial charge on any atom is 0.118 e. The van der Waals surface area contributed by atoms with Crippen molar-refractivity contribution in [3.63, 3.8) is 0 Å². The van der Waals surface area contributed by atoms with Crippen molar-refractivity contribution in [2.45, 2.75) is 37.9 Å². The molecule has 0 saturated heterocycles. The predicted octanol–water partition coefficient (Wildman–Crippen LogP) is 1.84. The first-order chi connectivity index (χ1) is 7.69. The van der Waals surface area contributed by atoms with Gasteiger partial charge in [-0.25, -0.2) is 0 Å². The van der Waals surface area contributed by atoms with Crippen molar-refractivity contribution >= 4 is 0 Å². The Morgan fingerprint density at radius 2 is 1.94 bits per heavy atom. The highest BCUT2D eigenvalue weighted by atomic mass is 16.5. The molecule has 3 N–H and O–H groups in total. The Labute approximate surface area is 97.0 Å². The number of hydrogen-bond acceptors (Lipinski definition) is 3. The van der Waals surface area contributed by atoms with Crippen LogP contribution in [0.5, 0.6) is 5.75 Å². The summed E-state index contributed by atoms with van der Waals surface area (Å²) >= 11 is 0. The van der Waals surface area contributed by atoms with Gasteiger partial charge in [0.2, 0.25) is 0 Å². The van der Waals surface area contributed by atoms with Crippen LogP contribution in [0.1, 0.15) is 31.4 Å². The molecule has 3 nitrogen and oxygen atoms in total. The maximum atomic E-state index is 5.76. The second kappa shape index (κ2) is 4.85. The zero-order chi connectivity index (χ0) is 11.5. The lowest BCUT2D eigenvalue weighted by molar-refractivity contribution is 0.272. The van der Waals surface area contributed by atoms with Crippen LogP contribution >= 0.6 is 0 Å². The van der Waals surface area contributed by atoms with E-state index in [-0.39, 0.29) is 0 Å². The topological polar surface area (TPSA) is 47.3 Å². The molecule has 1 atom stereocenters. The summed E-state index contributed by atoms with van der Waals surface area (Å²) in [4.78, 5) is 0. The SMILES string of the molecule is COc1ccc(C(C)NC2CC(N)C2)cc1. The van der Waals surface area contributed by atoms with E-state index >= 15 is 0 Å². The number of nitrogens with one attached hydrogen (secondary N) is 1. The van der Waals surface area contributed by atoms with E-state index in [1.807, 2.05) is 12.1 Å². The molecule has 2 rings (SSSR count). The molecule has 16 heavy (non-hydrogen) atoms. The minimum atomic E-state index is 0.378. The quantitative estimate of drug-likeness (QED) is 0.814. The van der Waals surface area contributed by atoms with Crippen LogP contribution in [0.4, 0.5) is 0 Å². The normalized spacial score (nSPS) is 25.9. The monoisotopic (exact) mass is 220 g/mol. The van der Waals surface area contributed by atoms with E-state index in [2.05, 4.69) is 24.4 Å². The molecule has 0 aromatic heterocycles. The minimum Gasteiger partial charge on any atom is -0.497 e. The van der Waals surface area contributed by atoms with Gasteiger partial charge in [-0.3, -0.25) is 0 Å². The number of rotatable bonds is 4. The number of benzene rings is 1. The van der Waals surface area contributed by atoms with Crippen LogP contribution < -0.4 is 15.8 Å². The lowest BCUT2D eigenvalue weighted by atomic mass is 9.87. The Kier molecular flexibility index (Phi) is 3.46. The van der Waals surface area contributed by atoms with Crippen molar-refractivity contribution in [3.05, 3.63) is 29.8 Å². The molecule has 0 amide bonds. The number of ether oxygens (including phenoxy) is 1. The lowest BCUT2D eigenvalue weighted by Crippen LogP contribution is -2.49. The molecular formula is C13H20N2O. The summed E-state index contributed by atoms with van der Waals surface area (Å²) in [5.74, 6) is 0.904. The third-order valence-corrected chi connectivity index (χ3v) is 3.28. The van der Waals surface area contributed by atoms with Crippen molar-refractivity contribution in [2.75, 3.05) is 7.11 Å². The largest absolute Gasteiger partial charge is 0.497 e. The van der Waals surface area contributed by atoms with Crippen molar-refractivity contribution in [1.82, 2.24) is 5.32 Å². The number of hydrogen-bond donors (Lipinski definition) is 2. The second-order valence-corrected chi connectivity index (χ2v) is 4.59. The summed E-state index contributed by atoms with van der Waals surface area (Å²) in [6.07, 6.45) is 2.20. The maximum absolute atomic E-state index is 5.76. The molecule has 1 aliphatic carbocycles. The standard InChI is InChI=1S/C13H20N2O/c1-9(15-12-7-11(14)8-12)10-3-5-13(16-2)6-4-10/h3-6,9,11-12,15H,7-8,14H2,1-2H3. The highest BCUT2D eigenvalue weighted by Crippen LogP contribution is 2.23. The molecule has 1 unspecified atom stereocenters. The van der Waals surface area contributed by atoms with E-state index in [9.17, 15) is 0 Å². The Balaban J connectivity index is 1.90. The molecule has 1 aromatic carbocycles. The van der Waals surface area contributed by atoms with Crippen LogP contribution in [-0.4, -0.2) is 19.2 Å². The van der Waals surface area contributed by atoms with Gasteiger partial charge in [-0.15, -0.1) is 0 Å². The first-order valence-corrected chi connectivity index (χ1v) is 5.84. The van der Waals surface area contributed by atoms with Crippen LogP contribution in [0.2, 0.25) is 0 Å². The molecule has 1 fully saturated rings. The smallest absolute Gasteiger partial charge is 0.118 e. The second-order valence-electron chi connectivity index (χ2n) is 4.59. The van der Waals surface area contributed by atoms with E-state index in [1.165, 1.54) is 5.56 Å². The van der Waals surface area contributed by atoms with E-state index in [0.29, 0.717) is 18.1 Å². The fraction of sp³-hybridized carbons (Fsp3) is 0.538. The van der Waals surface area contributed by atoms with Crippen LogP contribution in [-0.2, 0) is 0 Å². The van der Waals surface area contributed by atoms with Gasteiger partial charge in [-0.05, 0) is 37.5 Å². The molecule has 0 spiro atoms. The first kappa shape index (κ1) is 11.4. The lowest BCUT2D eigenvalue weighted by Gasteiger charge is -2.35. The average Bonchev–Trinajstić information content (AvgIpc) is 2.27. The van der Waals surface area contributed by atoms with Gasteiger partial charge in [0.25, 0.3) is 0 Å². The summed E-state index contributed by atoms with van der Waals surface area (Å²) < 4.78 is 5.14. The van der Waals surface area contributed by atoms with Crippen LogP contribution in [0.15, 0.2) is 24.3 Å². The summed E-state index contributed by atoms with van der Waals surface area (Å²) in [6.45, 7) is 2.19. The van der Waals surface area contributed by atoms with Gasteiger partial charge in [-0.1, -0.05) is 12.1 Å². The zero-order valence-corrected chi connectivity index (χ0v) is 9.94. The first-order valence-electron chi connectivity index (χ1n) is 5.84.